The molecule has 0 aromatic heterocycles. The van der Waals surface area contributed by atoms with Crippen molar-refractivity contribution in [2.75, 3.05) is 18.2 Å². The molecule has 2 amide bonds. The van der Waals surface area contributed by atoms with E-state index >= 15 is 0 Å². The molecule has 29 heavy (non-hydrogen) atoms. The summed E-state index contributed by atoms with van der Waals surface area (Å²) in [6, 6.07) is 3.68. The monoisotopic (exact) mass is 429 g/mol. The molecule has 0 radical (unpaired) electrons. The Morgan fingerprint density at radius 1 is 1.24 bits per heavy atom. The van der Waals surface area contributed by atoms with Crippen molar-refractivity contribution in [3.8, 4) is 0 Å². The number of hydrogen-bond acceptors (Lipinski definition) is 4. The van der Waals surface area contributed by atoms with Gasteiger partial charge in [0, 0.05) is 29.9 Å². The zero-order chi connectivity index (χ0) is 21.2. The number of nitrogens with zero attached hydrogens (tertiary/aromatic N) is 2. The summed E-state index contributed by atoms with van der Waals surface area (Å²) >= 11 is 1.70. The molecule has 3 atom stereocenters. The molecule has 1 aromatic rings. The Kier molecular flexibility index (Phi) is 6.78. The second-order valence-corrected chi connectivity index (χ2v) is 8.77. The van der Waals surface area contributed by atoms with Crippen LogP contribution in [0.5, 0.6) is 0 Å². The first-order valence-corrected chi connectivity index (χ1v) is 11.0. The lowest BCUT2D eigenvalue weighted by atomic mass is 10.0. The number of benzene rings is 1. The lowest BCUT2D eigenvalue weighted by Gasteiger charge is -2.30. The average molecular weight is 430 g/mol. The van der Waals surface area contributed by atoms with Crippen molar-refractivity contribution in [3.05, 3.63) is 35.4 Å². The molecule has 9 heteroatoms. The van der Waals surface area contributed by atoms with Gasteiger partial charge in [-0.3, -0.25) is 9.59 Å². The minimum absolute atomic E-state index is 0.00305. The molecule has 3 rings (SSSR count). The number of halogens is 3. The van der Waals surface area contributed by atoms with Gasteiger partial charge in [0.05, 0.1) is 17.5 Å². The molecule has 2 fully saturated rings. The summed E-state index contributed by atoms with van der Waals surface area (Å²) in [5, 5.41) is 0. The minimum atomic E-state index is -4.43. The predicted octanol–water partition coefficient (Wildman–Crippen LogP) is 3.34. The van der Waals surface area contributed by atoms with Gasteiger partial charge in [-0.2, -0.15) is 13.2 Å². The lowest BCUT2D eigenvalue weighted by Crippen LogP contribution is -2.44. The van der Waals surface area contributed by atoms with Crippen LogP contribution in [0.3, 0.4) is 0 Å². The van der Waals surface area contributed by atoms with Gasteiger partial charge in [-0.25, -0.2) is 0 Å². The van der Waals surface area contributed by atoms with Gasteiger partial charge in [-0.1, -0.05) is 0 Å². The van der Waals surface area contributed by atoms with Gasteiger partial charge in [0.25, 0.3) is 5.91 Å². The number of nitrogens with two attached hydrogens (primary N) is 1. The number of alkyl halides is 3. The first-order valence-electron chi connectivity index (χ1n) is 9.80. The number of hydrogen-bond donors (Lipinski definition) is 1. The van der Waals surface area contributed by atoms with Gasteiger partial charge in [0.2, 0.25) is 5.91 Å². The van der Waals surface area contributed by atoms with Crippen molar-refractivity contribution >= 4 is 23.6 Å². The fourth-order valence-electron chi connectivity index (χ4n) is 3.99. The van der Waals surface area contributed by atoms with Crippen molar-refractivity contribution in [1.29, 1.82) is 0 Å². The molecule has 2 saturated heterocycles. The van der Waals surface area contributed by atoms with Gasteiger partial charge in [-0.05, 0) is 56.9 Å². The van der Waals surface area contributed by atoms with Crippen molar-refractivity contribution in [1.82, 2.24) is 9.80 Å². The van der Waals surface area contributed by atoms with E-state index in [1.165, 1.54) is 12.1 Å². The van der Waals surface area contributed by atoms with Gasteiger partial charge in [-0.15, -0.1) is 11.8 Å². The first kappa shape index (κ1) is 22.0. The van der Waals surface area contributed by atoms with Crippen LogP contribution in [-0.2, 0) is 11.0 Å². The summed E-state index contributed by atoms with van der Waals surface area (Å²) in [6.45, 7) is 2.66. The van der Waals surface area contributed by atoms with E-state index in [0.717, 1.165) is 37.3 Å². The summed E-state index contributed by atoms with van der Waals surface area (Å²) in [4.78, 5) is 28.8. The Labute approximate surface area is 172 Å². The molecule has 2 N–H and O–H groups in total. The summed E-state index contributed by atoms with van der Waals surface area (Å²) < 4.78 is 38.3. The fourth-order valence-corrected chi connectivity index (χ4v) is 4.95. The van der Waals surface area contributed by atoms with Crippen LogP contribution in [0.1, 0.15) is 48.5 Å². The van der Waals surface area contributed by atoms with Crippen LogP contribution in [-0.4, -0.2) is 57.9 Å². The standard InChI is InChI=1S/C20H26F3N3O2S/c1-13-2-7-16(8-9-17(24)19(28)25-10-11-29-12-25)26(13)18(27)14-3-5-15(6-4-14)20(21,22)23/h3-6,13,16-17H,2,7-12,24H2,1H3/t13?,16?,17-/m0/s1. The van der Waals surface area contributed by atoms with E-state index in [0.29, 0.717) is 18.7 Å². The summed E-state index contributed by atoms with van der Waals surface area (Å²) in [5.41, 5.74) is 5.56. The zero-order valence-corrected chi connectivity index (χ0v) is 17.1. The smallest absolute Gasteiger partial charge is 0.333 e. The molecule has 2 unspecified atom stereocenters. The van der Waals surface area contributed by atoms with Crippen LogP contribution in [0.25, 0.3) is 0 Å². The number of amides is 2. The van der Waals surface area contributed by atoms with Crippen LogP contribution < -0.4 is 5.73 Å². The second kappa shape index (κ2) is 8.95. The van der Waals surface area contributed by atoms with E-state index in [9.17, 15) is 22.8 Å². The Hall–Kier alpha value is -1.74. The molecular formula is C20H26F3N3O2S. The van der Waals surface area contributed by atoms with Crippen molar-refractivity contribution < 1.29 is 22.8 Å². The summed E-state index contributed by atoms with van der Waals surface area (Å²) in [5.74, 6) is 1.27. The highest BCUT2D eigenvalue weighted by molar-refractivity contribution is 7.99. The third-order valence-electron chi connectivity index (χ3n) is 5.67. The molecule has 0 aliphatic carbocycles. The average Bonchev–Trinajstić information content (AvgIpc) is 3.34. The molecule has 5 nitrogen and oxygen atoms in total. The van der Waals surface area contributed by atoms with Gasteiger partial charge < -0.3 is 15.5 Å². The largest absolute Gasteiger partial charge is 0.416 e. The number of carbonyl (C=O) groups is 2. The Balaban J connectivity index is 1.62. The van der Waals surface area contributed by atoms with Crippen LogP contribution in [0.2, 0.25) is 0 Å². The van der Waals surface area contributed by atoms with Gasteiger partial charge in [0.15, 0.2) is 0 Å². The second-order valence-electron chi connectivity index (χ2n) is 7.69. The maximum Gasteiger partial charge on any atom is 0.416 e. The molecule has 0 bridgehead atoms. The summed E-state index contributed by atoms with van der Waals surface area (Å²) in [6.07, 6.45) is -1.72. The molecule has 2 aliphatic rings. The first-order chi connectivity index (χ1) is 13.7. The normalized spacial score (nSPS) is 23.5. The summed E-state index contributed by atoms with van der Waals surface area (Å²) in [7, 11) is 0. The third kappa shape index (κ3) is 5.06. The topological polar surface area (TPSA) is 66.6 Å². The Bertz CT molecular complexity index is 735. The van der Waals surface area contributed by atoms with Crippen LogP contribution in [0.4, 0.5) is 13.2 Å². The van der Waals surface area contributed by atoms with Crippen LogP contribution in [0.15, 0.2) is 24.3 Å². The zero-order valence-electron chi connectivity index (χ0n) is 16.3. The highest BCUT2D eigenvalue weighted by Gasteiger charge is 2.36. The highest BCUT2D eigenvalue weighted by atomic mass is 32.2. The number of carbonyl (C=O) groups excluding carboxylic acids is 2. The predicted molar refractivity (Wildman–Crippen MR) is 106 cm³/mol. The molecule has 160 valence electrons. The SMILES string of the molecule is CC1CCC(CC[C@H](N)C(=O)N2CCSC2)N1C(=O)c1ccc(C(F)(F)F)cc1. The van der Waals surface area contributed by atoms with E-state index in [-0.39, 0.29) is 29.5 Å². The van der Waals surface area contributed by atoms with Gasteiger partial charge >= 0.3 is 6.18 Å². The van der Waals surface area contributed by atoms with Crippen molar-refractivity contribution in [2.24, 2.45) is 5.73 Å². The van der Waals surface area contributed by atoms with Crippen LogP contribution >= 0.6 is 11.8 Å². The maximum absolute atomic E-state index is 13.0. The molecule has 1 aromatic carbocycles. The quantitative estimate of drug-likeness (QED) is 0.780. The molecule has 2 aliphatic heterocycles. The third-order valence-corrected chi connectivity index (χ3v) is 6.64. The van der Waals surface area contributed by atoms with Crippen LogP contribution in [0, 0.1) is 0 Å². The lowest BCUT2D eigenvalue weighted by molar-refractivity contribution is -0.137. The molecule has 0 spiro atoms. The highest BCUT2D eigenvalue weighted by Crippen LogP contribution is 2.32. The molecule has 0 saturated carbocycles. The van der Waals surface area contributed by atoms with E-state index in [2.05, 4.69) is 0 Å². The van der Waals surface area contributed by atoms with E-state index in [4.69, 9.17) is 5.73 Å². The van der Waals surface area contributed by atoms with E-state index in [1.807, 2.05) is 6.92 Å². The minimum Gasteiger partial charge on any atom is -0.333 e. The number of thioether (sulfide) groups is 1. The molecule has 2 heterocycles. The molecular weight excluding hydrogens is 403 g/mol. The Morgan fingerprint density at radius 2 is 1.93 bits per heavy atom. The van der Waals surface area contributed by atoms with Crippen molar-refractivity contribution in [3.63, 3.8) is 0 Å². The number of rotatable bonds is 5. The Morgan fingerprint density at radius 3 is 2.52 bits per heavy atom. The fraction of sp³-hybridized carbons (Fsp3) is 0.600. The van der Waals surface area contributed by atoms with E-state index < -0.39 is 17.8 Å². The van der Waals surface area contributed by atoms with Crippen molar-refractivity contribution in [2.45, 2.75) is 56.9 Å². The van der Waals surface area contributed by atoms with Gasteiger partial charge in [0.1, 0.15) is 0 Å². The van der Waals surface area contributed by atoms with E-state index in [1.54, 1.807) is 21.6 Å². The maximum atomic E-state index is 13.0. The number of likely N-dealkylation sites (tertiary alicyclic amines) is 1.